The van der Waals surface area contributed by atoms with Gasteiger partial charge in [-0.1, -0.05) is 42.5 Å². The van der Waals surface area contributed by atoms with Crippen molar-refractivity contribution in [2.45, 2.75) is 25.3 Å². The maximum atomic E-state index is 14.6. The third-order valence-electron chi connectivity index (χ3n) is 6.22. The molecule has 0 N–H and O–H groups in total. The van der Waals surface area contributed by atoms with Gasteiger partial charge in [0.2, 0.25) is 0 Å². The van der Waals surface area contributed by atoms with Gasteiger partial charge in [0.05, 0.1) is 17.2 Å². The second-order valence-corrected chi connectivity index (χ2v) is 8.71. The highest BCUT2D eigenvalue weighted by Gasteiger charge is 2.29. The monoisotopic (exact) mass is 478 g/mol. The van der Waals surface area contributed by atoms with Crippen LogP contribution in [0.4, 0.5) is 8.78 Å². The van der Waals surface area contributed by atoms with E-state index in [-0.39, 0.29) is 18.1 Å². The zero-order valence-electron chi connectivity index (χ0n) is 19.6. The maximum Gasteiger partial charge on any atom is 0.257 e. The first-order valence-corrected chi connectivity index (χ1v) is 11.7. The van der Waals surface area contributed by atoms with E-state index >= 15 is 0 Å². The molecule has 3 aromatic rings. The second kappa shape index (κ2) is 11.1. The van der Waals surface area contributed by atoms with Crippen LogP contribution in [0.2, 0.25) is 0 Å². The van der Waals surface area contributed by atoms with Crippen molar-refractivity contribution in [2.24, 2.45) is 0 Å². The number of amides is 2. The Hall–Kier alpha value is -3.74. The quantitative estimate of drug-likeness (QED) is 0.535. The lowest BCUT2D eigenvalue weighted by molar-refractivity contribution is 0.0586. The van der Waals surface area contributed by atoms with Crippen LogP contribution in [0.15, 0.2) is 72.8 Å². The molecule has 5 nitrogen and oxygen atoms in total. The molecule has 0 fully saturated rings. The summed E-state index contributed by atoms with van der Waals surface area (Å²) in [7, 11) is 1.74. The van der Waals surface area contributed by atoms with Gasteiger partial charge in [-0.05, 0) is 49.1 Å². The van der Waals surface area contributed by atoms with Gasteiger partial charge >= 0.3 is 0 Å². The Kier molecular flexibility index (Phi) is 7.75. The highest BCUT2D eigenvalue weighted by atomic mass is 19.1. The van der Waals surface area contributed by atoms with Crippen LogP contribution in [-0.2, 0) is 6.42 Å². The molecule has 182 valence electrons. The standard InChI is InChI=1S/C28H28F2N2O3/c1-31-15-7-8-16-32(28(34)23-14-13-21(29)18-25(23)30)22(17-20-9-3-2-4-10-20)19-35-26-12-6-5-11-24(26)27(31)33/h2-6,9-14,18,22H,7-8,15-17,19H2,1H3/t22-/m1/s1. The van der Waals surface area contributed by atoms with E-state index in [0.717, 1.165) is 17.7 Å². The van der Waals surface area contributed by atoms with Crippen LogP contribution in [0.3, 0.4) is 0 Å². The number of hydrogen-bond acceptors (Lipinski definition) is 3. The Bertz CT molecular complexity index is 1190. The Labute approximate surface area is 203 Å². The van der Waals surface area contributed by atoms with Crippen molar-refractivity contribution < 1.29 is 23.1 Å². The SMILES string of the molecule is CN1CCCCN(C(=O)c2ccc(F)cc2F)[C@H](Cc2ccccc2)COc2ccccc2C1=O. The number of carbonyl (C=O) groups is 2. The molecule has 0 aromatic heterocycles. The van der Waals surface area contributed by atoms with Gasteiger partial charge in [0.25, 0.3) is 11.8 Å². The summed E-state index contributed by atoms with van der Waals surface area (Å²) in [5.74, 6) is -1.83. The topological polar surface area (TPSA) is 49.9 Å². The van der Waals surface area contributed by atoms with Gasteiger partial charge in [-0.2, -0.15) is 0 Å². The molecule has 0 saturated carbocycles. The average molecular weight is 479 g/mol. The third kappa shape index (κ3) is 5.85. The van der Waals surface area contributed by atoms with Crippen molar-refractivity contribution in [3.63, 3.8) is 0 Å². The van der Waals surface area contributed by atoms with Crippen molar-refractivity contribution in [1.82, 2.24) is 9.80 Å². The van der Waals surface area contributed by atoms with Crippen LogP contribution in [0.25, 0.3) is 0 Å². The van der Waals surface area contributed by atoms with Crippen LogP contribution < -0.4 is 4.74 Å². The summed E-state index contributed by atoms with van der Waals surface area (Å²) in [6, 6.07) is 19.3. The minimum absolute atomic E-state index is 0.109. The van der Waals surface area contributed by atoms with Crippen molar-refractivity contribution in [3.8, 4) is 5.75 Å². The van der Waals surface area contributed by atoms with Gasteiger partial charge in [0, 0.05) is 26.2 Å². The van der Waals surface area contributed by atoms with Crippen LogP contribution in [0.5, 0.6) is 5.75 Å². The molecule has 7 heteroatoms. The number of hydrogen-bond donors (Lipinski definition) is 0. The van der Waals surface area contributed by atoms with E-state index in [0.29, 0.717) is 43.7 Å². The molecule has 1 aliphatic heterocycles. The van der Waals surface area contributed by atoms with Crippen molar-refractivity contribution >= 4 is 11.8 Å². The van der Waals surface area contributed by atoms with Crippen molar-refractivity contribution in [2.75, 3.05) is 26.7 Å². The predicted molar refractivity (Wildman–Crippen MR) is 129 cm³/mol. The molecule has 0 unspecified atom stereocenters. The lowest BCUT2D eigenvalue weighted by atomic mass is 10.0. The molecule has 3 aromatic carbocycles. The van der Waals surface area contributed by atoms with Crippen molar-refractivity contribution in [3.05, 3.63) is 101 Å². The summed E-state index contributed by atoms with van der Waals surface area (Å²) in [6.45, 7) is 0.959. The van der Waals surface area contributed by atoms with Gasteiger partial charge in [-0.25, -0.2) is 8.78 Å². The lowest BCUT2D eigenvalue weighted by Gasteiger charge is -2.33. The van der Waals surface area contributed by atoms with E-state index in [1.54, 1.807) is 41.1 Å². The van der Waals surface area contributed by atoms with Gasteiger partial charge in [0.1, 0.15) is 24.0 Å². The molecule has 0 bridgehead atoms. The molecular weight excluding hydrogens is 450 g/mol. The number of carbonyl (C=O) groups excluding carboxylic acids is 2. The van der Waals surface area contributed by atoms with E-state index in [4.69, 9.17) is 4.74 Å². The molecule has 4 rings (SSSR count). The number of ether oxygens (including phenoxy) is 1. The Balaban J connectivity index is 1.71. The second-order valence-electron chi connectivity index (χ2n) is 8.71. The fourth-order valence-electron chi connectivity index (χ4n) is 4.31. The summed E-state index contributed by atoms with van der Waals surface area (Å²) >= 11 is 0. The first-order valence-electron chi connectivity index (χ1n) is 11.7. The normalized spacial score (nSPS) is 17.1. The van der Waals surface area contributed by atoms with Crippen LogP contribution in [0, 0.1) is 11.6 Å². The Morgan fingerprint density at radius 2 is 1.69 bits per heavy atom. The fraction of sp³-hybridized carbons (Fsp3) is 0.286. The molecule has 0 saturated heterocycles. The molecule has 2 amide bonds. The number of benzene rings is 3. The average Bonchev–Trinajstić information content (AvgIpc) is 2.86. The van der Waals surface area contributed by atoms with Gasteiger partial charge < -0.3 is 14.5 Å². The Morgan fingerprint density at radius 3 is 2.46 bits per heavy atom. The van der Waals surface area contributed by atoms with E-state index < -0.39 is 23.6 Å². The minimum Gasteiger partial charge on any atom is -0.491 e. The molecule has 0 radical (unpaired) electrons. The van der Waals surface area contributed by atoms with Crippen LogP contribution >= 0.6 is 0 Å². The molecule has 1 heterocycles. The van der Waals surface area contributed by atoms with Gasteiger partial charge in [-0.3, -0.25) is 9.59 Å². The summed E-state index contributed by atoms with van der Waals surface area (Å²) in [5.41, 5.74) is 1.27. The predicted octanol–water partition coefficient (Wildman–Crippen LogP) is 4.96. The van der Waals surface area contributed by atoms with Gasteiger partial charge in [-0.15, -0.1) is 0 Å². The fourth-order valence-corrected chi connectivity index (χ4v) is 4.31. The first kappa shape index (κ1) is 24.4. The minimum atomic E-state index is -0.892. The smallest absolute Gasteiger partial charge is 0.257 e. The molecule has 0 aliphatic carbocycles. The third-order valence-corrected chi connectivity index (χ3v) is 6.22. The van der Waals surface area contributed by atoms with Crippen LogP contribution in [0.1, 0.15) is 39.1 Å². The summed E-state index contributed by atoms with van der Waals surface area (Å²) < 4.78 is 34.2. The number of nitrogens with zero attached hydrogens (tertiary/aromatic N) is 2. The zero-order valence-corrected chi connectivity index (χ0v) is 19.6. The summed E-state index contributed by atoms with van der Waals surface area (Å²) in [5, 5.41) is 0. The zero-order chi connectivity index (χ0) is 24.8. The molecule has 0 spiro atoms. The van der Waals surface area contributed by atoms with Gasteiger partial charge in [0.15, 0.2) is 0 Å². The summed E-state index contributed by atoms with van der Waals surface area (Å²) in [6.07, 6.45) is 1.75. The number of para-hydroxylation sites is 1. The van der Waals surface area contributed by atoms with Crippen molar-refractivity contribution in [1.29, 1.82) is 0 Å². The van der Waals surface area contributed by atoms with Crippen LogP contribution in [-0.4, -0.2) is 54.4 Å². The number of rotatable bonds is 3. The summed E-state index contributed by atoms with van der Waals surface area (Å²) in [4.78, 5) is 29.8. The molecule has 1 atom stereocenters. The first-order chi connectivity index (χ1) is 16.9. The molecule has 35 heavy (non-hydrogen) atoms. The highest BCUT2D eigenvalue weighted by molar-refractivity contribution is 5.97. The highest BCUT2D eigenvalue weighted by Crippen LogP contribution is 2.23. The van der Waals surface area contributed by atoms with E-state index in [2.05, 4.69) is 0 Å². The largest absolute Gasteiger partial charge is 0.491 e. The van der Waals surface area contributed by atoms with E-state index in [9.17, 15) is 18.4 Å². The lowest BCUT2D eigenvalue weighted by Crippen LogP contribution is -2.46. The number of halogens is 2. The van der Waals surface area contributed by atoms with E-state index in [1.165, 1.54) is 6.07 Å². The Morgan fingerprint density at radius 1 is 0.971 bits per heavy atom. The molecular formula is C28H28F2N2O3. The van der Waals surface area contributed by atoms with E-state index in [1.807, 2.05) is 30.3 Å². The maximum absolute atomic E-state index is 14.6. The number of fused-ring (bicyclic) bond motifs is 1. The molecule has 1 aliphatic rings.